The van der Waals surface area contributed by atoms with E-state index in [-0.39, 0.29) is 18.2 Å². The Morgan fingerprint density at radius 1 is 0.750 bits per heavy atom. The largest absolute Gasteiger partial charge is 0.396 e. The van der Waals surface area contributed by atoms with Crippen LogP contribution in [0.15, 0.2) is 22.3 Å². The predicted molar refractivity (Wildman–Crippen MR) is 96.0 cm³/mol. The SMILES string of the molecule is CC1=C(C)C(=O)C(CCCCC#CCC#CCCCO)=C(C)C1=O. The topological polar surface area (TPSA) is 54.4 Å². The summed E-state index contributed by atoms with van der Waals surface area (Å²) in [5.41, 5.74) is 2.44. The summed E-state index contributed by atoms with van der Waals surface area (Å²) in [7, 11) is 0. The van der Waals surface area contributed by atoms with Gasteiger partial charge in [0.1, 0.15) is 0 Å². The standard InChI is InChI=1S/C21H26O3/c1-16-17(2)21(24)19(18(3)20(16)23)14-12-10-8-6-4-5-7-9-11-13-15-22/h22H,5,8,10-15H2,1-3H3. The lowest BCUT2D eigenvalue weighted by molar-refractivity contribution is -0.116. The van der Waals surface area contributed by atoms with Gasteiger partial charge >= 0.3 is 0 Å². The molecule has 0 atom stereocenters. The minimum atomic E-state index is 0.00154. The van der Waals surface area contributed by atoms with Crippen molar-refractivity contribution in [3.05, 3.63) is 22.3 Å². The van der Waals surface area contributed by atoms with Crippen molar-refractivity contribution in [2.45, 2.75) is 65.7 Å². The molecular formula is C21H26O3. The molecule has 3 nitrogen and oxygen atoms in total. The summed E-state index contributed by atoms with van der Waals surface area (Å²) in [6.45, 7) is 5.38. The Bertz CT molecular complexity index is 669. The van der Waals surface area contributed by atoms with Crippen molar-refractivity contribution in [3.8, 4) is 23.7 Å². The number of aliphatic hydroxyl groups excluding tert-OH is 1. The number of rotatable bonds is 6. The minimum Gasteiger partial charge on any atom is -0.396 e. The van der Waals surface area contributed by atoms with Crippen LogP contribution in [0.25, 0.3) is 0 Å². The van der Waals surface area contributed by atoms with E-state index < -0.39 is 0 Å². The van der Waals surface area contributed by atoms with Crippen LogP contribution in [-0.4, -0.2) is 23.3 Å². The third-order valence-electron chi connectivity index (χ3n) is 4.18. The molecule has 0 fully saturated rings. The van der Waals surface area contributed by atoms with Crippen molar-refractivity contribution in [2.75, 3.05) is 6.61 Å². The van der Waals surface area contributed by atoms with Gasteiger partial charge in [-0.15, -0.1) is 11.8 Å². The van der Waals surface area contributed by atoms with Gasteiger partial charge in [0.05, 0.1) is 6.42 Å². The molecule has 1 N–H and O–H groups in total. The molecule has 1 aliphatic carbocycles. The zero-order chi connectivity index (χ0) is 17.9. The molecule has 0 saturated carbocycles. The summed E-state index contributed by atoms with van der Waals surface area (Å²) < 4.78 is 0. The van der Waals surface area contributed by atoms with Crippen LogP contribution >= 0.6 is 0 Å². The van der Waals surface area contributed by atoms with Crippen molar-refractivity contribution in [2.24, 2.45) is 0 Å². The highest BCUT2D eigenvalue weighted by Gasteiger charge is 2.26. The number of unbranched alkanes of at least 4 members (excludes halogenated alkanes) is 3. The second kappa shape index (κ2) is 10.6. The van der Waals surface area contributed by atoms with Crippen LogP contribution in [-0.2, 0) is 9.59 Å². The molecule has 0 radical (unpaired) electrons. The summed E-state index contributed by atoms with van der Waals surface area (Å²) in [5, 5.41) is 8.62. The number of ketones is 2. The van der Waals surface area contributed by atoms with E-state index in [1.54, 1.807) is 20.8 Å². The fourth-order valence-electron chi connectivity index (χ4n) is 2.49. The van der Waals surface area contributed by atoms with Gasteiger partial charge in [0.25, 0.3) is 0 Å². The Hall–Kier alpha value is -2.10. The molecular weight excluding hydrogens is 300 g/mol. The van der Waals surface area contributed by atoms with E-state index in [4.69, 9.17) is 5.11 Å². The smallest absolute Gasteiger partial charge is 0.185 e. The first-order chi connectivity index (χ1) is 11.5. The number of hydrogen-bond acceptors (Lipinski definition) is 3. The predicted octanol–water partition coefficient (Wildman–Crippen LogP) is 3.52. The van der Waals surface area contributed by atoms with Crippen LogP contribution in [0.2, 0.25) is 0 Å². The molecule has 0 bridgehead atoms. The maximum Gasteiger partial charge on any atom is 0.185 e. The minimum absolute atomic E-state index is 0.00154. The van der Waals surface area contributed by atoms with Crippen molar-refractivity contribution in [1.82, 2.24) is 0 Å². The summed E-state index contributed by atoms with van der Waals surface area (Å²) in [6.07, 6.45) is 5.17. The van der Waals surface area contributed by atoms with Gasteiger partial charge in [0, 0.05) is 41.7 Å². The van der Waals surface area contributed by atoms with Crippen LogP contribution in [0.3, 0.4) is 0 Å². The molecule has 24 heavy (non-hydrogen) atoms. The third-order valence-corrected chi connectivity index (χ3v) is 4.18. The third kappa shape index (κ3) is 5.84. The van der Waals surface area contributed by atoms with Crippen LogP contribution < -0.4 is 0 Å². The van der Waals surface area contributed by atoms with Gasteiger partial charge in [0.2, 0.25) is 0 Å². The monoisotopic (exact) mass is 326 g/mol. The molecule has 0 aromatic rings. The molecule has 0 heterocycles. The van der Waals surface area contributed by atoms with Gasteiger partial charge < -0.3 is 5.11 Å². The Kier molecular flexibility index (Phi) is 8.84. The number of aliphatic hydroxyl groups is 1. The lowest BCUT2D eigenvalue weighted by atomic mass is 9.84. The number of Topliss-reactive ketones (excluding diaryl/α,β-unsaturated/α-hetero) is 2. The lowest BCUT2D eigenvalue weighted by Crippen LogP contribution is -2.20. The first-order valence-electron chi connectivity index (χ1n) is 8.49. The van der Waals surface area contributed by atoms with Gasteiger partial charge in [-0.05, 0) is 46.5 Å². The van der Waals surface area contributed by atoms with E-state index in [0.29, 0.717) is 48.0 Å². The number of hydrogen-bond donors (Lipinski definition) is 1. The maximum atomic E-state index is 12.3. The zero-order valence-electron chi connectivity index (χ0n) is 14.9. The Balaban J connectivity index is 2.35. The summed E-state index contributed by atoms with van der Waals surface area (Å²) in [4.78, 5) is 24.4. The molecule has 0 unspecified atom stereocenters. The fraction of sp³-hybridized carbons (Fsp3) is 0.524. The van der Waals surface area contributed by atoms with Crippen molar-refractivity contribution in [3.63, 3.8) is 0 Å². The Morgan fingerprint density at radius 2 is 1.33 bits per heavy atom. The van der Waals surface area contributed by atoms with Gasteiger partial charge in [-0.25, -0.2) is 0 Å². The van der Waals surface area contributed by atoms with E-state index in [0.717, 1.165) is 19.3 Å². The second-order valence-electron chi connectivity index (χ2n) is 5.93. The van der Waals surface area contributed by atoms with Gasteiger partial charge in [-0.1, -0.05) is 11.8 Å². The average Bonchev–Trinajstić information content (AvgIpc) is 2.58. The second-order valence-corrected chi connectivity index (χ2v) is 5.93. The quantitative estimate of drug-likeness (QED) is 0.461. The molecule has 128 valence electrons. The number of carbonyl (C=O) groups excluding carboxylic acids is 2. The highest BCUT2D eigenvalue weighted by Crippen LogP contribution is 2.27. The highest BCUT2D eigenvalue weighted by molar-refractivity contribution is 6.24. The van der Waals surface area contributed by atoms with E-state index in [2.05, 4.69) is 23.7 Å². The molecule has 0 aliphatic heterocycles. The van der Waals surface area contributed by atoms with Crippen molar-refractivity contribution < 1.29 is 14.7 Å². The number of allylic oxidation sites excluding steroid dienone is 4. The summed E-state index contributed by atoms with van der Waals surface area (Å²) >= 11 is 0. The molecule has 0 amide bonds. The van der Waals surface area contributed by atoms with E-state index in [1.165, 1.54) is 0 Å². The maximum absolute atomic E-state index is 12.3. The van der Waals surface area contributed by atoms with Crippen LogP contribution in [0, 0.1) is 23.7 Å². The summed E-state index contributed by atoms with van der Waals surface area (Å²) in [5.74, 6) is 12.0. The zero-order valence-corrected chi connectivity index (χ0v) is 14.9. The lowest BCUT2D eigenvalue weighted by Gasteiger charge is -2.18. The average molecular weight is 326 g/mol. The molecule has 0 saturated heterocycles. The molecule has 1 aliphatic rings. The van der Waals surface area contributed by atoms with Gasteiger partial charge in [0.15, 0.2) is 11.6 Å². The summed E-state index contributed by atoms with van der Waals surface area (Å²) in [6, 6.07) is 0. The van der Waals surface area contributed by atoms with E-state index in [1.807, 2.05) is 0 Å². The van der Waals surface area contributed by atoms with Crippen molar-refractivity contribution in [1.29, 1.82) is 0 Å². The van der Waals surface area contributed by atoms with Gasteiger partial charge in [-0.3, -0.25) is 9.59 Å². The van der Waals surface area contributed by atoms with Crippen molar-refractivity contribution >= 4 is 11.6 Å². The fourth-order valence-corrected chi connectivity index (χ4v) is 2.49. The normalized spacial score (nSPS) is 14.3. The molecule has 0 aromatic heterocycles. The van der Waals surface area contributed by atoms with Crippen LogP contribution in [0.1, 0.15) is 65.7 Å². The molecule has 0 spiro atoms. The van der Waals surface area contributed by atoms with Crippen LogP contribution in [0.5, 0.6) is 0 Å². The van der Waals surface area contributed by atoms with Gasteiger partial charge in [-0.2, -0.15) is 0 Å². The number of carbonyl (C=O) groups is 2. The van der Waals surface area contributed by atoms with E-state index >= 15 is 0 Å². The molecule has 1 rings (SSSR count). The molecule has 0 aromatic carbocycles. The molecule has 3 heteroatoms. The Labute approximate surface area is 145 Å². The first kappa shape index (κ1) is 19.9. The first-order valence-corrected chi connectivity index (χ1v) is 8.49. The highest BCUT2D eigenvalue weighted by atomic mass is 16.2. The van der Waals surface area contributed by atoms with Crippen LogP contribution in [0.4, 0.5) is 0 Å². The van der Waals surface area contributed by atoms with E-state index in [9.17, 15) is 9.59 Å². The Morgan fingerprint density at radius 3 is 1.96 bits per heavy atom.